The Kier molecular flexibility index (Phi) is 11.4. The smallest absolute Gasteiger partial charge is 0.322 e. The Morgan fingerprint density at radius 3 is 1.35 bits per heavy atom. The van der Waals surface area contributed by atoms with E-state index in [1.54, 1.807) is 5.01 Å². The van der Waals surface area contributed by atoms with Crippen LogP contribution in [0.25, 0.3) is 0 Å². The van der Waals surface area contributed by atoms with E-state index in [1.807, 2.05) is 72.1 Å². The normalized spacial score (nSPS) is 18.3. The summed E-state index contributed by atoms with van der Waals surface area (Å²) in [5.41, 5.74) is 1.57. The van der Waals surface area contributed by atoms with Crippen molar-refractivity contribution in [3.8, 4) is 0 Å². The first-order chi connectivity index (χ1) is 15.4. The van der Waals surface area contributed by atoms with E-state index in [0.717, 1.165) is 0 Å². The number of ether oxygens (including phenoxy) is 3. The lowest BCUT2D eigenvalue weighted by atomic mass is 10.2. The van der Waals surface area contributed by atoms with Crippen LogP contribution in [0, 0.1) is 0 Å². The zero-order valence-corrected chi connectivity index (χ0v) is 22.7. The molecular formula is C24H46N4O6. The fourth-order valence-electron chi connectivity index (χ4n) is 3.31. The maximum Gasteiger partial charge on any atom is 0.322 e. The second-order valence-corrected chi connectivity index (χ2v) is 11.6. The third-order valence-electron chi connectivity index (χ3n) is 4.47. The lowest BCUT2D eigenvalue weighted by Gasteiger charge is -2.33. The van der Waals surface area contributed by atoms with Crippen LogP contribution < -0.4 is 5.43 Å². The van der Waals surface area contributed by atoms with Crippen LogP contribution in [0.2, 0.25) is 0 Å². The SMILES string of the molecule is CC(C)(C)OC(=O)CN1CCNN(CC(=O)OC(C)(C)C)CCN(CC(=O)OC(C)(C)C)CC1. The molecule has 10 nitrogen and oxygen atoms in total. The second-order valence-electron chi connectivity index (χ2n) is 11.6. The first kappa shape index (κ1) is 30.3. The lowest BCUT2D eigenvalue weighted by molar-refractivity contribution is -0.159. The van der Waals surface area contributed by atoms with Crippen molar-refractivity contribution >= 4 is 17.9 Å². The monoisotopic (exact) mass is 486 g/mol. The molecule has 34 heavy (non-hydrogen) atoms. The van der Waals surface area contributed by atoms with E-state index in [0.29, 0.717) is 39.3 Å². The summed E-state index contributed by atoms with van der Waals surface area (Å²) in [5, 5.41) is 1.80. The summed E-state index contributed by atoms with van der Waals surface area (Å²) in [5.74, 6) is -0.940. The van der Waals surface area contributed by atoms with Crippen LogP contribution in [0.1, 0.15) is 62.3 Å². The van der Waals surface area contributed by atoms with E-state index in [-0.39, 0.29) is 37.5 Å². The summed E-state index contributed by atoms with van der Waals surface area (Å²) >= 11 is 0. The van der Waals surface area contributed by atoms with Crippen molar-refractivity contribution in [3.05, 3.63) is 0 Å². The minimum atomic E-state index is -0.568. The molecule has 0 spiro atoms. The predicted molar refractivity (Wildman–Crippen MR) is 130 cm³/mol. The molecule has 0 aliphatic carbocycles. The molecule has 198 valence electrons. The van der Waals surface area contributed by atoms with Gasteiger partial charge in [-0.3, -0.25) is 29.6 Å². The molecule has 0 aromatic heterocycles. The first-order valence-corrected chi connectivity index (χ1v) is 12.0. The Labute approximate surface area is 205 Å². The number of nitrogens with one attached hydrogen (secondary N) is 1. The van der Waals surface area contributed by atoms with Crippen molar-refractivity contribution in [2.75, 3.05) is 58.9 Å². The number of hydrogen-bond acceptors (Lipinski definition) is 10. The maximum atomic E-state index is 12.5. The third kappa shape index (κ3) is 15.2. The van der Waals surface area contributed by atoms with Crippen molar-refractivity contribution in [2.24, 2.45) is 0 Å². The quantitative estimate of drug-likeness (QED) is 0.438. The predicted octanol–water partition coefficient (Wildman–Crippen LogP) is 1.44. The van der Waals surface area contributed by atoms with Crippen LogP contribution in [0.4, 0.5) is 0 Å². The molecule has 10 heteroatoms. The summed E-state index contributed by atoms with van der Waals surface area (Å²) in [6.45, 7) is 20.2. The fourth-order valence-corrected chi connectivity index (χ4v) is 3.31. The molecule has 0 bridgehead atoms. The van der Waals surface area contributed by atoms with Gasteiger partial charge in [0.05, 0.1) is 13.1 Å². The largest absolute Gasteiger partial charge is 0.459 e. The molecular weight excluding hydrogens is 440 g/mol. The Morgan fingerprint density at radius 2 is 0.941 bits per heavy atom. The molecule has 1 aliphatic heterocycles. The summed E-state index contributed by atoms with van der Waals surface area (Å²) in [6.07, 6.45) is 0. The van der Waals surface area contributed by atoms with Crippen LogP contribution in [-0.4, -0.2) is 108 Å². The number of rotatable bonds is 6. The lowest BCUT2D eigenvalue weighted by Crippen LogP contribution is -2.53. The van der Waals surface area contributed by atoms with Crippen molar-refractivity contribution in [1.29, 1.82) is 0 Å². The van der Waals surface area contributed by atoms with Gasteiger partial charge in [0.15, 0.2) is 0 Å². The maximum absolute atomic E-state index is 12.5. The van der Waals surface area contributed by atoms with Gasteiger partial charge < -0.3 is 14.2 Å². The summed E-state index contributed by atoms with van der Waals surface area (Å²) in [6, 6.07) is 0. The van der Waals surface area contributed by atoms with E-state index >= 15 is 0 Å². The molecule has 1 rings (SSSR count). The van der Waals surface area contributed by atoms with Crippen LogP contribution in [-0.2, 0) is 28.6 Å². The van der Waals surface area contributed by atoms with Gasteiger partial charge in [0, 0.05) is 39.3 Å². The van der Waals surface area contributed by atoms with Gasteiger partial charge in [0.25, 0.3) is 0 Å². The molecule has 0 amide bonds. The second kappa shape index (κ2) is 12.8. The van der Waals surface area contributed by atoms with Gasteiger partial charge >= 0.3 is 17.9 Å². The van der Waals surface area contributed by atoms with Gasteiger partial charge in [-0.2, -0.15) is 0 Å². The van der Waals surface area contributed by atoms with E-state index in [2.05, 4.69) is 5.43 Å². The standard InChI is InChI=1S/C24H46N4O6/c1-22(2,3)32-19(29)16-26-11-10-25-28(18-21(31)34-24(7,8)9)15-14-27(13-12-26)17-20(30)33-23(4,5)6/h25H,10-18H2,1-9H3. The molecule has 1 aliphatic rings. The molecule has 1 fully saturated rings. The van der Waals surface area contributed by atoms with E-state index < -0.39 is 16.8 Å². The number of hydrazine groups is 1. The molecule has 0 aromatic carbocycles. The van der Waals surface area contributed by atoms with Gasteiger partial charge in [-0.1, -0.05) is 0 Å². The summed E-state index contributed by atoms with van der Waals surface area (Å²) < 4.78 is 16.4. The highest BCUT2D eigenvalue weighted by atomic mass is 16.6. The molecule has 1 N–H and O–H groups in total. The minimum Gasteiger partial charge on any atom is -0.459 e. The van der Waals surface area contributed by atoms with Gasteiger partial charge in [-0.25, -0.2) is 5.01 Å². The number of hydrogen-bond donors (Lipinski definition) is 1. The van der Waals surface area contributed by atoms with E-state index in [4.69, 9.17) is 14.2 Å². The molecule has 0 atom stereocenters. The Morgan fingerprint density at radius 1 is 0.588 bits per heavy atom. The van der Waals surface area contributed by atoms with Crippen molar-refractivity contribution in [1.82, 2.24) is 20.2 Å². The highest BCUT2D eigenvalue weighted by Gasteiger charge is 2.25. The van der Waals surface area contributed by atoms with Crippen LogP contribution in [0.3, 0.4) is 0 Å². The van der Waals surface area contributed by atoms with Crippen LogP contribution >= 0.6 is 0 Å². The van der Waals surface area contributed by atoms with E-state index in [9.17, 15) is 14.4 Å². The third-order valence-corrected chi connectivity index (χ3v) is 4.47. The Hall–Kier alpha value is -1.75. The Bertz CT molecular complexity index is 636. The molecule has 0 unspecified atom stereocenters. The average molecular weight is 487 g/mol. The van der Waals surface area contributed by atoms with Crippen LogP contribution in [0.5, 0.6) is 0 Å². The first-order valence-electron chi connectivity index (χ1n) is 12.0. The number of esters is 3. The van der Waals surface area contributed by atoms with Crippen molar-refractivity contribution < 1.29 is 28.6 Å². The summed E-state index contributed by atoms with van der Waals surface area (Å²) in [7, 11) is 0. The molecule has 0 radical (unpaired) electrons. The van der Waals surface area contributed by atoms with Gasteiger partial charge in [0.1, 0.15) is 23.3 Å². The van der Waals surface area contributed by atoms with Crippen molar-refractivity contribution in [2.45, 2.75) is 79.1 Å². The number of carbonyl (C=O) groups is 3. The highest BCUT2D eigenvalue weighted by molar-refractivity contribution is 5.73. The van der Waals surface area contributed by atoms with Gasteiger partial charge in [0.2, 0.25) is 0 Å². The minimum absolute atomic E-state index is 0.0730. The van der Waals surface area contributed by atoms with Gasteiger partial charge in [-0.05, 0) is 62.3 Å². The zero-order chi connectivity index (χ0) is 26.2. The average Bonchev–Trinajstić information content (AvgIpc) is 2.58. The fraction of sp³-hybridized carbons (Fsp3) is 0.875. The number of nitrogens with zero attached hydrogens (tertiary/aromatic N) is 3. The molecule has 1 heterocycles. The van der Waals surface area contributed by atoms with Crippen molar-refractivity contribution in [3.63, 3.8) is 0 Å². The topological polar surface area (TPSA) is 101 Å². The number of carbonyl (C=O) groups excluding carboxylic acids is 3. The molecule has 0 aromatic rings. The Balaban J connectivity index is 2.87. The summed E-state index contributed by atoms with van der Waals surface area (Å²) in [4.78, 5) is 41.2. The molecule has 1 saturated heterocycles. The zero-order valence-electron chi connectivity index (χ0n) is 22.7. The molecule has 0 saturated carbocycles. The van der Waals surface area contributed by atoms with E-state index in [1.165, 1.54) is 0 Å². The van der Waals surface area contributed by atoms with Gasteiger partial charge in [-0.15, -0.1) is 0 Å². The van der Waals surface area contributed by atoms with Crippen LogP contribution in [0.15, 0.2) is 0 Å². The highest BCUT2D eigenvalue weighted by Crippen LogP contribution is 2.10.